The van der Waals surface area contributed by atoms with Crippen LogP contribution >= 0.6 is 0 Å². The van der Waals surface area contributed by atoms with Crippen molar-refractivity contribution in [2.45, 2.75) is 6.92 Å². The Kier molecular flexibility index (Phi) is 4.52. The van der Waals surface area contributed by atoms with Crippen molar-refractivity contribution in [2.75, 3.05) is 0 Å². The molecule has 0 atom stereocenters. The number of carbonyl (C=O) groups is 2. The minimum absolute atomic E-state index is 0.142. The molecule has 3 aromatic rings. The fraction of sp³-hybridized carbons (Fsp3) is 0.0476. The first kappa shape index (κ1) is 15.7. The molecular weight excluding hydrogens is 300 g/mol. The molecule has 0 unspecified atom stereocenters. The number of hydrogen-bond donors (Lipinski definition) is 0. The third-order valence-corrected chi connectivity index (χ3v) is 3.70. The summed E-state index contributed by atoms with van der Waals surface area (Å²) in [7, 11) is 0. The van der Waals surface area contributed by atoms with Gasteiger partial charge in [0.05, 0.1) is 5.56 Å². The first-order valence-electron chi connectivity index (χ1n) is 7.63. The molecular formula is C21H16O3. The van der Waals surface area contributed by atoms with Gasteiger partial charge in [0, 0.05) is 6.08 Å². The van der Waals surface area contributed by atoms with E-state index in [9.17, 15) is 9.59 Å². The highest BCUT2D eigenvalue weighted by atomic mass is 16.5. The summed E-state index contributed by atoms with van der Waals surface area (Å²) in [6.07, 6.45) is 3.10. The molecule has 0 fully saturated rings. The van der Waals surface area contributed by atoms with Gasteiger partial charge in [0.15, 0.2) is 5.78 Å². The van der Waals surface area contributed by atoms with Crippen LogP contribution in [0.3, 0.4) is 0 Å². The van der Waals surface area contributed by atoms with E-state index in [1.807, 2.05) is 42.5 Å². The van der Waals surface area contributed by atoms with Crippen molar-refractivity contribution < 1.29 is 14.3 Å². The van der Waals surface area contributed by atoms with E-state index in [1.165, 1.54) is 13.0 Å². The Balaban J connectivity index is 1.82. The monoisotopic (exact) mass is 316 g/mol. The third kappa shape index (κ3) is 3.41. The van der Waals surface area contributed by atoms with Crippen LogP contribution in [0.4, 0.5) is 0 Å². The molecule has 0 N–H and O–H groups in total. The van der Waals surface area contributed by atoms with Crippen LogP contribution in [0, 0.1) is 0 Å². The van der Waals surface area contributed by atoms with Gasteiger partial charge in [0.1, 0.15) is 5.75 Å². The Morgan fingerprint density at radius 3 is 2.42 bits per heavy atom. The van der Waals surface area contributed by atoms with Gasteiger partial charge in [0.2, 0.25) is 0 Å². The second-order valence-electron chi connectivity index (χ2n) is 5.38. The Morgan fingerprint density at radius 1 is 0.875 bits per heavy atom. The molecule has 3 heteroatoms. The Labute approximate surface area is 140 Å². The number of benzene rings is 3. The van der Waals surface area contributed by atoms with Crippen LogP contribution in [0.2, 0.25) is 0 Å². The molecule has 3 nitrogen and oxygen atoms in total. The predicted octanol–water partition coefficient (Wildman–Crippen LogP) is 4.66. The van der Waals surface area contributed by atoms with Gasteiger partial charge in [-0.3, -0.25) is 4.79 Å². The maximum Gasteiger partial charge on any atom is 0.336 e. The summed E-state index contributed by atoms with van der Waals surface area (Å²) in [5.41, 5.74) is 1.33. The van der Waals surface area contributed by atoms with Crippen molar-refractivity contribution in [1.29, 1.82) is 0 Å². The first-order valence-corrected chi connectivity index (χ1v) is 7.63. The number of ether oxygens (including phenoxy) is 1. The van der Waals surface area contributed by atoms with E-state index in [0.717, 1.165) is 16.3 Å². The molecule has 118 valence electrons. The molecule has 0 saturated heterocycles. The molecule has 0 radical (unpaired) electrons. The highest BCUT2D eigenvalue weighted by Gasteiger charge is 2.10. The Morgan fingerprint density at radius 2 is 1.58 bits per heavy atom. The van der Waals surface area contributed by atoms with Gasteiger partial charge in [-0.2, -0.15) is 0 Å². The quantitative estimate of drug-likeness (QED) is 0.304. The largest absolute Gasteiger partial charge is 0.423 e. The van der Waals surface area contributed by atoms with Crippen molar-refractivity contribution in [3.05, 3.63) is 83.9 Å². The number of rotatable bonds is 4. The van der Waals surface area contributed by atoms with Gasteiger partial charge in [0.25, 0.3) is 0 Å². The summed E-state index contributed by atoms with van der Waals surface area (Å²) in [6, 6.07) is 20.6. The van der Waals surface area contributed by atoms with Gasteiger partial charge < -0.3 is 4.74 Å². The van der Waals surface area contributed by atoms with Crippen molar-refractivity contribution in [2.24, 2.45) is 0 Å². The highest BCUT2D eigenvalue weighted by molar-refractivity contribution is 5.99. The SMILES string of the molecule is CC(=O)c1ccccc1OC(=O)/C=C/c1cccc2ccccc12. The van der Waals surface area contributed by atoms with Crippen LogP contribution in [0.15, 0.2) is 72.8 Å². The second-order valence-corrected chi connectivity index (χ2v) is 5.38. The maximum absolute atomic E-state index is 12.1. The van der Waals surface area contributed by atoms with Gasteiger partial charge >= 0.3 is 5.97 Å². The van der Waals surface area contributed by atoms with Crippen LogP contribution in [0.25, 0.3) is 16.8 Å². The molecule has 0 saturated carbocycles. The number of para-hydroxylation sites is 1. The molecule has 0 aliphatic carbocycles. The minimum Gasteiger partial charge on any atom is -0.423 e. The summed E-state index contributed by atoms with van der Waals surface area (Å²) in [6.45, 7) is 1.44. The fourth-order valence-electron chi connectivity index (χ4n) is 2.54. The van der Waals surface area contributed by atoms with E-state index in [0.29, 0.717) is 5.56 Å². The molecule has 3 aromatic carbocycles. The topological polar surface area (TPSA) is 43.4 Å². The van der Waals surface area contributed by atoms with Crippen molar-refractivity contribution in [3.63, 3.8) is 0 Å². The van der Waals surface area contributed by atoms with Crippen LogP contribution < -0.4 is 4.74 Å². The zero-order valence-corrected chi connectivity index (χ0v) is 13.2. The van der Waals surface area contributed by atoms with Crippen LogP contribution in [-0.2, 0) is 4.79 Å². The smallest absolute Gasteiger partial charge is 0.336 e. The van der Waals surface area contributed by atoms with Gasteiger partial charge in [-0.15, -0.1) is 0 Å². The fourth-order valence-corrected chi connectivity index (χ4v) is 2.54. The molecule has 0 aromatic heterocycles. The van der Waals surface area contributed by atoms with Crippen LogP contribution in [0.1, 0.15) is 22.8 Å². The summed E-state index contributed by atoms with van der Waals surface area (Å²) in [5, 5.41) is 2.17. The molecule has 24 heavy (non-hydrogen) atoms. The van der Waals surface area contributed by atoms with Crippen LogP contribution in [0.5, 0.6) is 5.75 Å². The van der Waals surface area contributed by atoms with Crippen molar-refractivity contribution in [3.8, 4) is 5.75 Å². The number of carbonyl (C=O) groups excluding carboxylic acids is 2. The maximum atomic E-state index is 12.1. The summed E-state index contributed by atoms with van der Waals surface area (Å²) in [5.74, 6) is -0.384. The zero-order valence-electron chi connectivity index (χ0n) is 13.2. The van der Waals surface area contributed by atoms with E-state index >= 15 is 0 Å². The number of esters is 1. The molecule has 3 rings (SSSR count). The zero-order chi connectivity index (χ0) is 16.9. The normalized spacial score (nSPS) is 10.9. The standard InChI is InChI=1S/C21H16O3/c1-15(22)18-10-4-5-12-20(18)24-21(23)14-13-17-9-6-8-16-7-2-3-11-19(16)17/h2-14H,1H3/b14-13+. The molecule has 0 bridgehead atoms. The number of fused-ring (bicyclic) bond motifs is 1. The van der Waals surface area contributed by atoms with Gasteiger partial charge in [-0.05, 0) is 41.5 Å². The molecule has 0 aliphatic heterocycles. The molecule has 0 aliphatic rings. The van der Waals surface area contributed by atoms with E-state index < -0.39 is 5.97 Å². The van der Waals surface area contributed by atoms with E-state index in [2.05, 4.69) is 0 Å². The Hall–Kier alpha value is -3.20. The average molecular weight is 316 g/mol. The predicted molar refractivity (Wildman–Crippen MR) is 95.1 cm³/mol. The number of hydrogen-bond acceptors (Lipinski definition) is 3. The van der Waals surface area contributed by atoms with Gasteiger partial charge in [-0.25, -0.2) is 4.79 Å². The number of ketones is 1. The van der Waals surface area contributed by atoms with E-state index in [4.69, 9.17) is 4.74 Å². The van der Waals surface area contributed by atoms with E-state index in [-0.39, 0.29) is 11.5 Å². The average Bonchev–Trinajstić information content (AvgIpc) is 2.60. The highest BCUT2D eigenvalue weighted by Crippen LogP contribution is 2.21. The lowest BCUT2D eigenvalue weighted by Crippen LogP contribution is -2.07. The number of Topliss-reactive ketones (excluding diaryl/α,β-unsaturated/α-hetero) is 1. The first-order chi connectivity index (χ1) is 11.6. The lowest BCUT2D eigenvalue weighted by Gasteiger charge is -2.06. The molecule has 0 amide bonds. The van der Waals surface area contributed by atoms with Crippen LogP contribution in [-0.4, -0.2) is 11.8 Å². The lowest BCUT2D eigenvalue weighted by atomic mass is 10.0. The minimum atomic E-state index is -0.517. The summed E-state index contributed by atoms with van der Waals surface area (Å²) >= 11 is 0. The van der Waals surface area contributed by atoms with Gasteiger partial charge in [-0.1, -0.05) is 54.6 Å². The lowest BCUT2D eigenvalue weighted by molar-refractivity contribution is -0.128. The summed E-state index contributed by atoms with van der Waals surface area (Å²) in [4.78, 5) is 23.6. The summed E-state index contributed by atoms with van der Waals surface area (Å²) < 4.78 is 5.29. The third-order valence-electron chi connectivity index (χ3n) is 3.70. The second kappa shape index (κ2) is 6.92. The van der Waals surface area contributed by atoms with Crippen molar-refractivity contribution >= 4 is 28.6 Å². The van der Waals surface area contributed by atoms with E-state index in [1.54, 1.807) is 30.3 Å². The van der Waals surface area contributed by atoms with Crippen molar-refractivity contribution in [1.82, 2.24) is 0 Å². The molecule has 0 spiro atoms. The Bertz CT molecular complexity index is 933. The molecule has 0 heterocycles.